The zero-order valence-corrected chi connectivity index (χ0v) is 6.52. The van der Waals surface area contributed by atoms with Crippen LogP contribution in [-0.2, 0) is 4.74 Å². The molecule has 12 heavy (non-hydrogen) atoms. The second-order valence-corrected chi connectivity index (χ2v) is 2.12. The normalized spacial score (nSPS) is 12.0. The molecule has 0 rings (SSSR count). The van der Waals surface area contributed by atoms with Crippen LogP contribution in [0.3, 0.4) is 0 Å². The van der Waals surface area contributed by atoms with Crippen molar-refractivity contribution in [3.63, 3.8) is 0 Å². The minimum absolute atomic E-state index is 0.0348. The first-order chi connectivity index (χ1) is 5.56. The van der Waals surface area contributed by atoms with Crippen molar-refractivity contribution in [2.45, 2.75) is 12.8 Å². The largest absolute Gasteiger partial charge is 0.522 e. The molecule has 3 nitrogen and oxygen atoms in total. The SMILES string of the molecule is OCCCNCCOC(F)(F)F. The summed E-state index contributed by atoms with van der Waals surface area (Å²) < 4.78 is 37.5. The van der Waals surface area contributed by atoms with E-state index < -0.39 is 13.0 Å². The van der Waals surface area contributed by atoms with E-state index >= 15 is 0 Å². The third-order valence-electron chi connectivity index (χ3n) is 1.06. The van der Waals surface area contributed by atoms with E-state index in [1.165, 1.54) is 0 Å². The fraction of sp³-hybridized carbons (Fsp3) is 1.00. The molecule has 0 aliphatic rings. The molecule has 0 bridgehead atoms. The van der Waals surface area contributed by atoms with Crippen LogP contribution in [0.5, 0.6) is 0 Å². The summed E-state index contributed by atoms with van der Waals surface area (Å²) in [5.41, 5.74) is 0. The maximum atomic E-state index is 11.3. The number of nitrogens with one attached hydrogen (secondary N) is 1. The van der Waals surface area contributed by atoms with Gasteiger partial charge in [-0.25, -0.2) is 0 Å². The number of ether oxygens (including phenoxy) is 1. The van der Waals surface area contributed by atoms with Crippen molar-refractivity contribution in [1.29, 1.82) is 0 Å². The summed E-state index contributed by atoms with van der Waals surface area (Å²) in [6.45, 7) is 0.277. The van der Waals surface area contributed by atoms with Gasteiger partial charge in [0.2, 0.25) is 0 Å². The highest BCUT2D eigenvalue weighted by Gasteiger charge is 2.28. The minimum atomic E-state index is -4.54. The van der Waals surface area contributed by atoms with Gasteiger partial charge in [-0.3, -0.25) is 4.74 Å². The molecule has 0 radical (unpaired) electrons. The first-order valence-corrected chi connectivity index (χ1v) is 3.58. The van der Waals surface area contributed by atoms with Gasteiger partial charge in [-0.05, 0) is 13.0 Å². The van der Waals surface area contributed by atoms with Gasteiger partial charge < -0.3 is 10.4 Å². The molecular formula is C6H12F3NO2. The molecule has 74 valence electrons. The first-order valence-electron chi connectivity index (χ1n) is 3.58. The Balaban J connectivity index is 3.01. The molecule has 0 spiro atoms. The summed E-state index contributed by atoms with van der Waals surface area (Å²) in [5.74, 6) is 0. The predicted molar refractivity (Wildman–Crippen MR) is 36.6 cm³/mol. The van der Waals surface area contributed by atoms with Gasteiger partial charge in [-0.15, -0.1) is 13.2 Å². The fourth-order valence-corrected chi connectivity index (χ4v) is 0.568. The molecule has 2 N–H and O–H groups in total. The van der Waals surface area contributed by atoms with Gasteiger partial charge in [0.25, 0.3) is 0 Å². The Labute approximate surface area is 68.5 Å². The van der Waals surface area contributed by atoms with Gasteiger partial charge >= 0.3 is 6.36 Å². The highest BCUT2D eigenvalue weighted by Crippen LogP contribution is 2.14. The monoisotopic (exact) mass is 187 g/mol. The second kappa shape index (κ2) is 6.22. The highest BCUT2D eigenvalue weighted by molar-refractivity contribution is 4.45. The molecule has 0 saturated heterocycles. The van der Waals surface area contributed by atoms with Crippen molar-refractivity contribution < 1.29 is 23.0 Å². The lowest BCUT2D eigenvalue weighted by Gasteiger charge is -2.07. The molecule has 0 aliphatic carbocycles. The van der Waals surface area contributed by atoms with E-state index in [0.717, 1.165) is 0 Å². The molecule has 0 aromatic heterocycles. The molecule has 0 fully saturated rings. The predicted octanol–water partition coefficient (Wildman–Crippen LogP) is 0.495. The van der Waals surface area contributed by atoms with E-state index in [1.54, 1.807) is 0 Å². The highest BCUT2D eigenvalue weighted by atomic mass is 19.4. The van der Waals surface area contributed by atoms with Crippen molar-refractivity contribution in [1.82, 2.24) is 5.32 Å². The van der Waals surface area contributed by atoms with Gasteiger partial charge in [0.15, 0.2) is 0 Å². The van der Waals surface area contributed by atoms with Gasteiger partial charge in [0.1, 0.15) is 0 Å². The third kappa shape index (κ3) is 9.67. The molecule has 6 heteroatoms. The molecule has 0 unspecified atom stereocenters. The van der Waals surface area contributed by atoms with Gasteiger partial charge in [-0.1, -0.05) is 0 Å². The van der Waals surface area contributed by atoms with Crippen molar-refractivity contribution in [3.05, 3.63) is 0 Å². The summed E-state index contributed by atoms with van der Waals surface area (Å²) in [5, 5.41) is 11.0. The van der Waals surface area contributed by atoms with Crippen LogP contribution in [-0.4, -0.2) is 37.8 Å². The Bertz CT molecular complexity index is 107. The van der Waals surface area contributed by atoms with Crippen LogP contribution in [0.1, 0.15) is 6.42 Å². The maximum Gasteiger partial charge on any atom is 0.522 e. The van der Waals surface area contributed by atoms with E-state index in [9.17, 15) is 13.2 Å². The summed E-state index contributed by atoms with van der Waals surface area (Å²) in [7, 11) is 0. The molecule has 0 atom stereocenters. The number of rotatable bonds is 6. The number of hydrogen-bond acceptors (Lipinski definition) is 3. The Kier molecular flexibility index (Phi) is 6.04. The van der Waals surface area contributed by atoms with Gasteiger partial charge in [0, 0.05) is 13.2 Å². The second-order valence-electron chi connectivity index (χ2n) is 2.12. The third-order valence-corrected chi connectivity index (χ3v) is 1.06. The van der Waals surface area contributed by atoms with E-state index in [-0.39, 0.29) is 13.2 Å². The molecule has 0 aromatic carbocycles. The first kappa shape index (κ1) is 11.7. The molecule has 0 aromatic rings. The summed E-state index contributed by atoms with van der Waals surface area (Å²) in [6.07, 6.45) is -4.01. The van der Waals surface area contributed by atoms with E-state index in [4.69, 9.17) is 5.11 Å². The lowest BCUT2D eigenvalue weighted by Crippen LogP contribution is -2.25. The number of halogens is 3. The molecular weight excluding hydrogens is 175 g/mol. The zero-order valence-electron chi connectivity index (χ0n) is 6.52. The molecule has 0 heterocycles. The molecule has 0 saturated carbocycles. The number of hydrogen-bond donors (Lipinski definition) is 2. The minimum Gasteiger partial charge on any atom is -0.396 e. The molecule has 0 aliphatic heterocycles. The standard InChI is InChI=1S/C6H12F3NO2/c7-6(8,9)12-5-3-10-2-1-4-11/h10-11H,1-5H2. The van der Waals surface area contributed by atoms with E-state index in [2.05, 4.69) is 10.1 Å². The maximum absolute atomic E-state index is 11.3. The Morgan fingerprint density at radius 3 is 2.42 bits per heavy atom. The topological polar surface area (TPSA) is 41.5 Å². The lowest BCUT2D eigenvalue weighted by molar-refractivity contribution is -0.323. The zero-order chi connectivity index (χ0) is 9.45. The Morgan fingerprint density at radius 2 is 1.92 bits per heavy atom. The van der Waals surface area contributed by atoms with Crippen LogP contribution >= 0.6 is 0 Å². The van der Waals surface area contributed by atoms with Crippen molar-refractivity contribution >= 4 is 0 Å². The van der Waals surface area contributed by atoms with Crippen molar-refractivity contribution in [3.8, 4) is 0 Å². The number of aliphatic hydroxyl groups excluding tert-OH is 1. The van der Waals surface area contributed by atoms with E-state index in [0.29, 0.717) is 13.0 Å². The van der Waals surface area contributed by atoms with Crippen LogP contribution in [0.25, 0.3) is 0 Å². The van der Waals surface area contributed by atoms with Gasteiger partial charge in [0.05, 0.1) is 6.61 Å². The van der Waals surface area contributed by atoms with E-state index in [1.807, 2.05) is 0 Å². The lowest BCUT2D eigenvalue weighted by atomic mass is 10.4. The average Bonchev–Trinajstić information content (AvgIpc) is 1.94. The Hall–Kier alpha value is -0.330. The van der Waals surface area contributed by atoms with Crippen LogP contribution < -0.4 is 5.32 Å². The molecule has 0 amide bonds. The fourth-order valence-electron chi connectivity index (χ4n) is 0.568. The van der Waals surface area contributed by atoms with Crippen LogP contribution in [0.15, 0.2) is 0 Å². The number of aliphatic hydroxyl groups is 1. The summed E-state index contributed by atoms with van der Waals surface area (Å²) in [4.78, 5) is 0. The summed E-state index contributed by atoms with van der Waals surface area (Å²) in [6, 6.07) is 0. The van der Waals surface area contributed by atoms with Crippen molar-refractivity contribution in [2.75, 3.05) is 26.3 Å². The van der Waals surface area contributed by atoms with Crippen LogP contribution in [0, 0.1) is 0 Å². The average molecular weight is 187 g/mol. The van der Waals surface area contributed by atoms with Crippen LogP contribution in [0.4, 0.5) is 13.2 Å². The quantitative estimate of drug-likeness (QED) is 0.595. The van der Waals surface area contributed by atoms with Crippen molar-refractivity contribution in [2.24, 2.45) is 0 Å². The number of alkyl halides is 3. The van der Waals surface area contributed by atoms with Crippen LogP contribution in [0.2, 0.25) is 0 Å². The van der Waals surface area contributed by atoms with Gasteiger partial charge in [-0.2, -0.15) is 0 Å². The smallest absolute Gasteiger partial charge is 0.396 e. The summed E-state index contributed by atoms with van der Waals surface area (Å²) >= 11 is 0. The Morgan fingerprint density at radius 1 is 1.25 bits per heavy atom.